The fourth-order valence-corrected chi connectivity index (χ4v) is 2.44. The number of nitrogens with two attached hydrogens (primary N) is 1. The maximum Gasteiger partial charge on any atom is 0.410 e. The lowest BCUT2D eigenvalue weighted by atomic mass is 10.1. The van der Waals surface area contributed by atoms with Crippen LogP contribution >= 0.6 is 24.0 Å². The highest BCUT2D eigenvalue weighted by atomic mass is 127. The standard InChI is InChI=1S/C19H37N5O4.HI/c1-17(2,3)27-15(25)22-19(7,8)13-21-14(20)23-9-11-24(12-10-23)16(26)28-18(4,5)6;/h9-13H2,1-8H3,(H2,20,21)(H,22,25);1H. The van der Waals surface area contributed by atoms with Gasteiger partial charge in [0.2, 0.25) is 0 Å². The molecule has 1 rings (SSSR count). The van der Waals surface area contributed by atoms with Gasteiger partial charge in [0.05, 0.1) is 12.1 Å². The molecule has 1 aliphatic heterocycles. The Morgan fingerprint density at radius 2 is 1.34 bits per heavy atom. The van der Waals surface area contributed by atoms with Crippen LogP contribution in [-0.2, 0) is 9.47 Å². The van der Waals surface area contributed by atoms with Crippen LogP contribution in [0.2, 0.25) is 0 Å². The van der Waals surface area contributed by atoms with Crippen LogP contribution in [0.1, 0.15) is 55.4 Å². The van der Waals surface area contributed by atoms with E-state index in [1.54, 1.807) is 4.90 Å². The van der Waals surface area contributed by atoms with E-state index in [-0.39, 0.29) is 30.1 Å². The summed E-state index contributed by atoms with van der Waals surface area (Å²) < 4.78 is 10.7. The molecular formula is C19H38IN5O4. The lowest BCUT2D eigenvalue weighted by Crippen LogP contribution is -2.54. The van der Waals surface area contributed by atoms with Crippen LogP contribution in [0.3, 0.4) is 0 Å². The smallest absolute Gasteiger partial charge is 0.410 e. The molecule has 0 aromatic rings. The molecule has 0 spiro atoms. The molecule has 3 N–H and O–H groups in total. The van der Waals surface area contributed by atoms with Gasteiger partial charge in [-0.3, -0.25) is 4.99 Å². The number of ether oxygens (including phenoxy) is 2. The number of halogens is 1. The molecule has 9 nitrogen and oxygen atoms in total. The van der Waals surface area contributed by atoms with Gasteiger partial charge in [0.25, 0.3) is 0 Å². The molecule has 29 heavy (non-hydrogen) atoms. The number of nitrogens with one attached hydrogen (secondary N) is 1. The first kappa shape index (κ1) is 27.5. The summed E-state index contributed by atoms with van der Waals surface area (Å²) in [6, 6.07) is 0. The first-order chi connectivity index (χ1) is 12.6. The first-order valence-electron chi connectivity index (χ1n) is 9.62. The quantitative estimate of drug-likeness (QED) is 0.332. The van der Waals surface area contributed by atoms with Crippen molar-refractivity contribution in [3.8, 4) is 0 Å². The van der Waals surface area contributed by atoms with E-state index in [0.29, 0.717) is 38.7 Å². The van der Waals surface area contributed by atoms with Crippen LogP contribution < -0.4 is 11.1 Å². The van der Waals surface area contributed by atoms with Crippen molar-refractivity contribution in [2.24, 2.45) is 10.7 Å². The number of amides is 2. The zero-order chi connectivity index (χ0) is 21.8. The van der Waals surface area contributed by atoms with E-state index < -0.39 is 22.8 Å². The third-order valence-electron chi connectivity index (χ3n) is 3.73. The first-order valence-corrected chi connectivity index (χ1v) is 9.62. The molecule has 0 aromatic heterocycles. The van der Waals surface area contributed by atoms with Crippen molar-refractivity contribution in [2.75, 3.05) is 32.7 Å². The Balaban J connectivity index is 0.00000784. The summed E-state index contributed by atoms with van der Waals surface area (Å²) in [5.74, 6) is 0.392. The molecule has 0 aromatic carbocycles. The number of carbonyl (C=O) groups excluding carboxylic acids is 2. The second kappa shape index (κ2) is 10.5. The number of guanidine groups is 1. The van der Waals surface area contributed by atoms with E-state index in [1.807, 2.05) is 60.3 Å². The van der Waals surface area contributed by atoms with Crippen molar-refractivity contribution >= 4 is 42.1 Å². The van der Waals surface area contributed by atoms with E-state index in [2.05, 4.69) is 10.3 Å². The van der Waals surface area contributed by atoms with Crippen molar-refractivity contribution in [1.29, 1.82) is 0 Å². The summed E-state index contributed by atoms with van der Waals surface area (Å²) in [6.07, 6.45) is -0.803. The van der Waals surface area contributed by atoms with E-state index in [0.717, 1.165) is 0 Å². The second-order valence-corrected chi connectivity index (χ2v) is 9.64. The Morgan fingerprint density at radius 3 is 1.79 bits per heavy atom. The highest BCUT2D eigenvalue weighted by Gasteiger charge is 2.28. The minimum absolute atomic E-state index is 0. The SMILES string of the molecule is CC(C)(CN=C(N)N1CCN(C(=O)OC(C)(C)C)CC1)NC(=O)OC(C)(C)C.I. The highest BCUT2D eigenvalue weighted by molar-refractivity contribution is 14.0. The minimum Gasteiger partial charge on any atom is -0.444 e. The predicted molar refractivity (Wildman–Crippen MR) is 125 cm³/mol. The van der Waals surface area contributed by atoms with Crippen LogP contribution in [-0.4, -0.2) is 77.4 Å². The number of aliphatic imine (C=N–C) groups is 1. The third kappa shape index (κ3) is 11.3. The zero-order valence-electron chi connectivity index (χ0n) is 19.0. The predicted octanol–water partition coefficient (Wildman–Crippen LogP) is 2.78. The molecule has 1 saturated heterocycles. The molecule has 1 heterocycles. The monoisotopic (exact) mass is 527 g/mol. The topological polar surface area (TPSA) is 109 Å². The average molecular weight is 527 g/mol. The summed E-state index contributed by atoms with van der Waals surface area (Å²) in [4.78, 5) is 32.1. The number of alkyl carbamates (subject to hydrolysis) is 1. The largest absolute Gasteiger partial charge is 0.444 e. The zero-order valence-corrected chi connectivity index (χ0v) is 21.3. The summed E-state index contributed by atoms with van der Waals surface area (Å²) in [6.45, 7) is 17.2. The second-order valence-electron chi connectivity index (χ2n) is 9.64. The van der Waals surface area contributed by atoms with E-state index in [4.69, 9.17) is 15.2 Å². The fourth-order valence-electron chi connectivity index (χ4n) is 2.44. The van der Waals surface area contributed by atoms with E-state index in [1.165, 1.54) is 0 Å². The van der Waals surface area contributed by atoms with Gasteiger partial charge in [-0.25, -0.2) is 9.59 Å². The number of nitrogens with zero attached hydrogens (tertiary/aromatic N) is 3. The van der Waals surface area contributed by atoms with Crippen LogP contribution in [0.5, 0.6) is 0 Å². The molecule has 1 fully saturated rings. The molecule has 170 valence electrons. The number of carbonyl (C=O) groups is 2. The van der Waals surface area contributed by atoms with Crippen LogP contribution in [0.25, 0.3) is 0 Å². The van der Waals surface area contributed by atoms with E-state index >= 15 is 0 Å². The van der Waals surface area contributed by atoms with Gasteiger partial charge in [0, 0.05) is 26.2 Å². The molecule has 2 amide bonds. The minimum atomic E-state index is -0.606. The van der Waals surface area contributed by atoms with Crippen LogP contribution in [0.15, 0.2) is 4.99 Å². The van der Waals surface area contributed by atoms with E-state index in [9.17, 15) is 9.59 Å². The normalized spacial score (nSPS) is 16.1. The Kier molecular flexibility index (Phi) is 10.0. The van der Waals surface area contributed by atoms with Crippen molar-refractivity contribution in [3.63, 3.8) is 0 Å². The van der Waals surface area contributed by atoms with Gasteiger partial charge in [0.15, 0.2) is 5.96 Å². The van der Waals surface area contributed by atoms with Gasteiger partial charge in [-0.15, -0.1) is 24.0 Å². The number of rotatable bonds is 3. The molecule has 10 heteroatoms. The summed E-state index contributed by atoms with van der Waals surface area (Å²) in [5, 5.41) is 2.80. The molecule has 1 aliphatic rings. The van der Waals surface area contributed by atoms with Gasteiger partial charge < -0.3 is 30.3 Å². The van der Waals surface area contributed by atoms with Crippen LogP contribution in [0, 0.1) is 0 Å². The Labute approximate surface area is 191 Å². The van der Waals surface area contributed by atoms with Crippen LogP contribution in [0.4, 0.5) is 9.59 Å². The summed E-state index contributed by atoms with van der Waals surface area (Å²) in [5.41, 5.74) is 4.43. The summed E-state index contributed by atoms with van der Waals surface area (Å²) >= 11 is 0. The van der Waals surface area contributed by atoms with Crippen molar-refractivity contribution in [2.45, 2.75) is 72.1 Å². The molecule has 0 unspecified atom stereocenters. The maximum atomic E-state index is 12.1. The van der Waals surface area contributed by atoms with Crippen molar-refractivity contribution < 1.29 is 19.1 Å². The fraction of sp³-hybridized carbons (Fsp3) is 0.842. The van der Waals surface area contributed by atoms with Crippen molar-refractivity contribution in [3.05, 3.63) is 0 Å². The molecule has 0 bridgehead atoms. The third-order valence-corrected chi connectivity index (χ3v) is 3.73. The molecule has 0 aliphatic carbocycles. The molecule has 0 atom stereocenters. The Bertz CT molecular complexity index is 588. The lowest BCUT2D eigenvalue weighted by Gasteiger charge is -2.36. The van der Waals surface area contributed by atoms with Gasteiger partial charge in [-0.05, 0) is 55.4 Å². The number of hydrogen-bond donors (Lipinski definition) is 2. The van der Waals surface area contributed by atoms with Gasteiger partial charge in [-0.1, -0.05) is 0 Å². The molecular weight excluding hydrogens is 489 g/mol. The Hall–Kier alpha value is -1.46. The summed E-state index contributed by atoms with van der Waals surface area (Å²) in [7, 11) is 0. The number of piperazine rings is 1. The Morgan fingerprint density at radius 1 is 0.897 bits per heavy atom. The van der Waals surface area contributed by atoms with Gasteiger partial charge in [0.1, 0.15) is 11.2 Å². The number of hydrogen-bond acceptors (Lipinski definition) is 5. The molecule has 0 saturated carbocycles. The maximum absolute atomic E-state index is 12.1. The van der Waals surface area contributed by atoms with Crippen molar-refractivity contribution in [1.82, 2.24) is 15.1 Å². The lowest BCUT2D eigenvalue weighted by molar-refractivity contribution is 0.0186. The molecule has 0 radical (unpaired) electrons. The average Bonchev–Trinajstić information content (AvgIpc) is 2.48. The van der Waals surface area contributed by atoms with Gasteiger partial charge in [-0.2, -0.15) is 0 Å². The van der Waals surface area contributed by atoms with Gasteiger partial charge >= 0.3 is 12.2 Å². The highest BCUT2D eigenvalue weighted by Crippen LogP contribution is 2.13.